The predicted octanol–water partition coefficient (Wildman–Crippen LogP) is 3.60. The molecule has 1 rings (SSSR count). The molecule has 104 valence electrons. The molecule has 0 aliphatic carbocycles. The largest absolute Gasteiger partial charge is 0.369 e. The molecule has 1 aromatic rings. The third kappa shape index (κ3) is 4.81. The lowest BCUT2D eigenvalue weighted by molar-refractivity contribution is 0.643. The maximum Gasteiger partial charge on any atom is 0.164 e. The van der Waals surface area contributed by atoms with E-state index in [9.17, 15) is 0 Å². The fourth-order valence-electron chi connectivity index (χ4n) is 1.82. The second-order valence-electron chi connectivity index (χ2n) is 4.90. The summed E-state index contributed by atoms with van der Waals surface area (Å²) in [4.78, 5) is 14.9. The van der Waals surface area contributed by atoms with Crippen molar-refractivity contribution in [2.45, 2.75) is 40.0 Å². The SMILES string of the molecule is CCCC/C=C(/C)c1c(C)ncnc1N=CN(C)C. The van der Waals surface area contributed by atoms with Crippen molar-refractivity contribution in [2.75, 3.05) is 14.1 Å². The molecule has 4 heteroatoms. The van der Waals surface area contributed by atoms with Gasteiger partial charge in [-0.05, 0) is 25.8 Å². The molecule has 4 nitrogen and oxygen atoms in total. The summed E-state index contributed by atoms with van der Waals surface area (Å²) in [5.74, 6) is 0.742. The molecule has 1 heterocycles. The van der Waals surface area contributed by atoms with Crippen LogP contribution < -0.4 is 0 Å². The Morgan fingerprint density at radius 1 is 1.37 bits per heavy atom. The van der Waals surface area contributed by atoms with Gasteiger partial charge in [0.1, 0.15) is 6.33 Å². The number of aliphatic imine (C=N–C) groups is 1. The number of hydrogen-bond donors (Lipinski definition) is 0. The van der Waals surface area contributed by atoms with E-state index in [1.54, 1.807) is 12.7 Å². The van der Waals surface area contributed by atoms with Gasteiger partial charge in [0, 0.05) is 19.7 Å². The van der Waals surface area contributed by atoms with Crippen LogP contribution in [0.4, 0.5) is 5.82 Å². The molecule has 0 fully saturated rings. The maximum absolute atomic E-state index is 4.42. The Kier molecular flexibility index (Phi) is 6.19. The maximum atomic E-state index is 4.42. The van der Waals surface area contributed by atoms with Crippen molar-refractivity contribution in [3.05, 3.63) is 23.7 Å². The molecule has 0 aliphatic heterocycles. The number of aryl methyl sites for hydroxylation is 1. The Morgan fingerprint density at radius 2 is 2.11 bits per heavy atom. The fraction of sp³-hybridized carbons (Fsp3) is 0.533. The first-order valence-electron chi connectivity index (χ1n) is 6.75. The van der Waals surface area contributed by atoms with Crippen molar-refractivity contribution >= 4 is 17.7 Å². The van der Waals surface area contributed by atoms with E-state index in [1.807, 2.05) is 25.9 Å². The van der Waals surface area contributed by atoms with Crippen LogP contribution >= 0.6 is 0 Å². The smallest absolute Gasteiger partial charge is 0.164 e. The van der Waals surface area contributed by atoms with E-state index in [0.717, 1.165) is 23.5 Å². The van der Waals surface area contributed by atoms with Gasteiger partial charge in [-0.2, -0.15) is 0 Å². The summed E-state index contributed by atoms with van der Waals surface area (Å²) in [6, 6.07) is 0. The van der Waals surface area contributed by atoms with Gasteiger partial charge in [0.05, 0.1) is 12.0 Å². The van der Waals surface area contributed by atoms with E-state index >= 15 is 0 Å². The lowest BCUT2D eigenvalue weighted by Gasteiger charge is -2.09. The van der Waals surface area contributed by atoms with Crippen LogP contribution in [0.2, 0.25) is 0 Å². The quantitative estimate of drug-likeness (QED) is 0.446. The molecule has 0 saturated heterocycles. The first-order valence-corrected chi connectivity index (χ1v) is 6.75. The van der Waals surface area contributed by atoms with E-state index in [-0.39, 0.29) is 0 Å². The highest BCUT2D eigenvalue weighted by Crippen LogP contribution is 2.26. The third-order valence-corrected chi connectivity index (χ3v) is 2.83. The van der Waals surface area contributed by atoms with Crippen LogP contribution in [0.3, 0.4) is 0 Å². The number of aromatic nitrogens is 2. The molecule has 0 bridgehead atoms. The normalized spacial score (nSPS) is 12.2. The number of rotatable bonds is 6. The predicted molar refractivity (Wildman–Crippen MR) is 81.8 cm³/mol. The van der Waals surface area contributed by atoms with Crippen molar-refractivity contribution in [2.24, 2.45) is 4.99 Å². The summed E-state index contributed by atoms with van der Waals surface area (Å²) in [6.45, 7) is 6.31. The molecular weight excluding hydrogens is 236 g/mol. The second-order valence-corrected chi connectivity index (χ2v) is 4.90. The molecule has 19 heavy (non-hydrogen) atoms. The van der Waals surface area contributed by atoms with Crippen LogP contribution in [0.1, 0.15) is 44.4 Å². The van der Waals surface area contributed by atoms with E-state index < -0.39 is 0 Å². The van der Waals surface area contributed by atoms with Gasteiger partial charge in [-0.15, -0.1) is 0 Å². The van der Waals surface area contributed by atoms with Crippen LogP contribution in [0.25, 0.3) is 5.57 Å². The number of hydrogen-bond acceptors (Lipinski definition) is 3. The zero-order valence-electron chi connectivity index (χ0n) is 12.6. The summed E-state index contributed by atoms with van der Waals surface area (Å²) in [6.07, 6.45) is 9.10. The average Bonchev–Trinajstić information content (AvgIpc) is 2.36. The minimum absolute atomic E-state index is 0.742. The monoisotopic (exact) mass is 260 g/mol. The Labute approximate surface area is 116 Å². The highest BCUT2D eigenvalue weighted by molar-refractivity contribution is 5.75. The lowest BCUT2D eigenvalue weighted by atomic mass is 10.0. The van der Waals surface area contributed by atoms with E-state index in [4.69, 9.17) is 0 Å². The van der Waals surface area contributed by atoms with Crippen molar-refractivity contribution in [1.82, 2.24) is 14.9 Å². The average molecular weight is 260 g/mol. The van der Waals surface area contributed by atoms with Gasteiger partial charge in [0.2, 0.25) is 0 Å². The summed E-state index contributed by atoms with van der Waals surface area (Å²) >= 11 is 0. The zero-order chi connectivity index (χ0) is 14.3. The van der Waals surface area contributed by atoms with Gasteiger partial charge in [-0.1, -0.05) is 25.8 Å². The second kappa shape index (κ2) is 7.67. The molecule has 0 amide bonds. The Morgan fingerprint density at radius 3 is 2.74 bits per heavy atom. The minimum atomic E-state index is 0.742. The summed E-state index contributed by atoms with van der Waals surface area (Å²) in [7, 11) is 3.89. The van der Waals surface area contributed by atoms with Crippen molar-refractivity contribution < 1.29 is 0 Å². The van der Waals surface area contributed by atoms with Crippen molar-refractivity contribution in [3.8, 4) is 0 Å². The number of allylic oxidation sites excluding steroid dienone is 2. The highest BCUT2D eigenvalue weighted by Gasteiger charge is 2.09. The molecule has 0 unspecified atom stereocenters. The summed E-state index contributed by atoms with van der Waals surface area (Å²) in [5.41, 5.74) is 3.24. The summed E-state index contributed by atoms with van der Waals surface area (Å²) in [5, 5.41) is 0. The molecular formula is C15H24N4. The Hall–Kier alpha value is -1.71. The molecule has 0 N–H and O–H groups in total. The van der Waals surface area contributed by atoms with Crippen molar-refractivity contribution in [1.29, 1.82) is 0 Å². The molecule has 0 saturated carbocycles. The van der Waals surface area contributed by atoms with Gasteiger partial charge in [0.15, 0.2) is 5.82 Å². The first-order chi connectivity index (χ1) is 9.06. The first kappa shape index (κ1) is 15.3. The van der Waals surface area contributed by atoms with Gasteiger partial charge in [-0.3, -0.25) is 0 Å². The Balaban J connectivity index is 3.07. The molecule has 0 spiro atoms. The zero-order valence-corrected chi connectivity index (χ0v) is 12.6. The van der Waals surface area contributed by atoms with Gasteiger partial charge >= 0.3 is 0 Å². The van der Waals surface area contributed by atoms with Gasteiger partial charge in [0.25, 0.3) is 0 Å². The van der Waals surface area contributed by atoms with Crippen LogP contribution in [-0.4, -0.2) is 35.3 Å². The van der Waals surface area contributed by atoms with Crippen LogP contribution in [0, 0.1) is 6.92 Å². The molecule has 1 aromatic heterocycles. The van der Waals surface area contributed by atoms with Crippen molar-refractivity contribution in [3.63, 3.8) is 0 Å². The lowest BCUT2D eigenvalue weighted by Crippen LogP contribution is -2.07. The Bertz CT molecular complexity index is 461. The highest BCUT2D eigenvalue weighted by atomic mass is 15.1. The molecule has 0 radical (unpaired) electrons. The fourth-order valence-corrected chi connectivity index (χ4v) is 1.82. The molecule has 0 atom stereocenters. The third-order valence-electron chi connectivity index (χ3n) is 2.83. The topological polar surface area (TPSA) is 41.4 Å². The van der Waals surface area contributed by atoms with Gasteiger partial charge < -0.3 is 4.90 Å². The van der Waals surface area contributed by atoms with E-state index in [2.05, 4.69) is 34.9 Å². The molecule has 0 aromatic carbocycles. The standard InChI is InChI=1S/C15H24N4/c1-6-7-8-9-12(2)14-13(3)16-10-17-15(14)18-11-19(4)5/h9-11H,6-8H2,1-5H3/b12-9-,18-11?. The van der Waals surface area contributed by atoms with Gasteiger partial charge in [-0.25, -0.2) is 15.0 Å². The molecule has 0 aliphatic rings. The van der Waals surface area contributed by atoms with E-state index in [1.165, 1.54) is 18.4 Å². The van der Waals surface area contributed by atoms with Crippen LogP contribution in [0.5, 0.6) is 0 Å². The van der Waals surface area contributed by atoms with Crippen LogP contribution in [-0.2, 0) is 0 Å². The minimum Gasteiger partial charge on any atom is -0.369 e. The number of unbranched alkanes of at least 4 members (excludes halogenated alkanes) is 2. The van der Waals surface area contributed by atoms with Crippen LogP contribution in [0.15, 0.2) is 17.4 Å². The van der Waals surface area contributed by atoms with E-state index in [0.29, 0.717) is 0 Å². The summed E-state index contributed by atoms with van der Waals surface area (Å²) < 4.78 is 0. The number of nitrogens with zero attached hydrogens (tertiary/aromatic N) is 4.